The van der Waals surface area contributed by atoms with Gasteiger partial charge in [-0.15, -0.1) is 0 Å². The number of halogens is 1. The standard InChI is InChI=1S/C11H17ClN6/c12-10-15-7(5-3-1-2-4-6-13)8-9(17-10)18-11(14)16-8/h1-6,13H2,(H3,14,15,16,17,18). The number of hydrogen-bond acceptors (Lipinski definition) is 5. The Bertz CT molecular complexity index is 523. The molecule has 0 atom stereocenters. The van der Waals surface area contributed by atoms with Gasteiger partial charge in [0.05, 0.1) is 5.69 Å². The van der Waals surface area contributed by atoms with Crippen LogP contribution in [-0.4, -0.2) is 26.5 Å². The third kappa shape index (κ3) is 3.08. The molecule has 7 heteroatoms. The van der Waals surface area contributed by atoms with E-state index in [0.717, 1.165) is 49.9 Å². The first-order valence-corrected chi connectivity index (χ1v) is 6.46. The molecule has 98 valence electrons. The molecular formula is C11H17ClN6. The van der Waals surface area contributed by atoms with Crippen molar-refractivity contribution in [2.75, 3.05) is 12.3 Å². The number of aromatic nitrogens is 4. The third-order valence-corrected chi connectivity index (χ3v) is 2.95. The Morgan fingerprint density at radius 3 is 2.61 bits per heavy atom. The minimum absolute atomic E-state index is 0.214. The smallest absolute Gasteiger partial charge is 0.224 e. The van der Waals surface area contributed by atoms with E-state index in [1.165, 1.54) is 0 Å². The number of nitrogens with one attached hydrogen (secondary N) is 1. The Morgan fingerprint density at radius 1 is 1.06 bits per heavy atom. The highest BCUT2D eigenvalue weighted by Gasteiger charge is 2.10. The maximum absolute atomic E-state index is 5.86. The Hall–Kier alpha value is -1.40. The number of nitrogens with zero attached hydrogens (tertiary/aromatic N) is 3. The summed E-state index contributed by atoms with van der Waals surface area (Å²) >= 11 is 5.86. The van der Waals surface area contributed by atoms with Crippen molar-refractivity contribution in [1.82, 2.24) is 19.9 Å². The minimum Gasteiger partial charge on any atom is -0.369 e. The fraction of sp³-hybridized carbons (Fsp3) is 0.545. The molecule has 0 radical (unpaired) electrons. The number of imidazole rings is 1. The molecule has 2 aromatic heterocycles. The lowest BCUT2D eigenvalue weighted by Crippen LogP contribution is -1.99. The van der Waals surface area contributed by atoms with Crippen LogP contribution in [0, 0.1) is 0 Å². The molecule has 0 fully saturated rings. The number of nitrogen functional groups attached to an aromatic ring is 1. The van der Waals surface area contributed by atoms with Gasteiger partial charge in [0.2, 0.25) is 5.28 Å². The van der Waals surface area contributed by atoms with Crippen LogP contribution < -0.4 is 11.5 Å². The molecule has 0 bridgehead atoms. The summed E-state index contributed by atoms with van der Waals surface area (Å²) in [5.41, 5.74) is 13.3. The zero-order chi connectivity index (χ0) is 13.0. The van der Waals surface area contributed by atoms with E-state index in [2.05, 4.69) is 19.9 Å². The number of aromatic amines is 1. The quantitative estimate of drug-likeness (QED) is 0.545. The summed E-state index contributed by atoms with van der Waals surface area (Å²) < 4.78 is 0. The van der Waals surface area contributed by atoms with E-state index in [0.29, 0.717) is 11.6 Å². The molecule has 18 heavy (non-hydrogen) atoms. The van der Waals surface area contributed by atoms with E-state index in [1.807, 2.05) is 0 Å². The molecule has 2 aromatic rings. The van der Waals surface area contributed by atoms with E-state index in [1.54, 1.807) is 0 Å². The summed E-state index contributed by atoms with van der Waals surface area (Å²) in [6, 6.07) is 0. The van der Waals surface area contributed by atoms with Gasteiger partial charge in [-0.1, -0.05) is 12.8 Å². The van der Waals surface area contributed by atoms with Crippen molar-refractivity contribution in [2.24, 2.45) is 5.73 Å². The summed E-state index contributed by atoms with van der Waals surface area (Å²) in [7, 11) is 0. The Kier molecular flexibility index (Phi) is 4.33. The fourth-order valence-electron chi connectivity index (χ4n) is 1.91. The van der Waals surface area contributed by atoms with Gasteiger partial charge in [-0.3, -0.25) is 0 Å². The molecule has 0 saturated carbocycles. The molecule has 0 aromatic carbocycles. The normalized spacial score (nSPS) is 11.2. The largest absolute Gasteiger partial charge is 0.369 e. The number of fused-ring (bicyclic) bond motifs is 1. The Balaban J connectivity index is 2.07. The maximum atomic E-state index is 5.86. The van der Waals surface area contributed by atoms with Crippen LogP contribution in [0.25, 0.3) is 11.2 Å². The number of anilines is 1. The number of hydrogen-bond donors (Lipinski definition) is 3. The van der Waals surface area contributed by atoms with E-state index in [9.17, 15) is 0 Å². The molecule has 0 saturated heterocycles. The summed E-state index contributed by atoms with van der Waals surface area (Å²) in [5, 5.41) is 0.214. The molecule has 0 unspecified atom stereocenters. The van der Waals surface area contributed by atoms with Crippen LogP contribution in [0.5, 0.6) is 0 Å². The molecular weight excluding hydrogens is 252 g/mol. The third-order valence-electron chi connectivity index (χ3n) is 2.78. The van der Waals surface area contributed by atoms with Gasteiger partial charge in [0.25, 0.3) is 0 Å². The summed E-state index contributed by atoms with van der Waals surface area (Å²) in [4.78, 5) is 15.3. The van der Waals surface area contributed by atoms with Crippen LogP contribution in [-0.2, 0) is 6.42 Å². The van der Waals surface area contributed by atoms with Crippen molar-refractivity contribution in [3.05, 3.63) is 11.0 Å². The first-order chi connectivity index (χ1) is 8.70. The topological polar surface area (TPSA) is 106 Å². The second-order valence-electron chi connectivity index (χ2n) is 4.21. The number of rotatable bonds is 6. The van der Waals surface area contributed by atoms with E-state index in [-0.39, 0.29) is 5.28 Å². The lowest BCUT2D eigenvalue weighted by molar-refractivity contribution is 0.643. The predicted molar refractivity (Wildman–Crippen MR) is 72.3 cm³/mol. The maximum Gasteiger partial charge on any atom is 0.224 e. The van der Waals surface area contributed by atoms with Crippen LogP contribution in [0.2, 0.25) is 5.28 Å². The summed E-state index contributed by atoms with van der Waals surface area (Å²) in [6.07, 6.45) is 5.22. The predicted octanol–water partition coefficient (Wildman–Crippen LogP) is 1.65. The molecule has 0 amide bonds. The van der Waals surface area contributed by atoms with Gasteiger partial charge in [0.15, 0.2) is 11.6 Å². The number of unbranched alkanes of at least 4 members (excludes halogenated alkanes) is 3. The van der Waals surface area contributed by atoms with E-state index >= 15 is 0 Å². The highest BCUT2D eigenvalue weighted by Crippen LogP contribution is 2.18. The van der Waals surface area contributed by atoms with Crippen molar-refractivity contribution in [3.8, 4) is 0 Å². The zero-order valence-electron chi connectivity index (χ0n) is 10.1. The highest BCUT2D eigenvalue weighted by atomic mass is 35.5. The second kappa shape index (κ2) is 5.97. The number of nitrogens with two attached hydrogens (primary N) is 2. The second-order valence-corrected chi connectivity index (χ2v) is 4.55. The molecule has 0 aliphatic heterocycles. The van der Waals surface area contributed by atoms with Gasteiger partial charge in [0, 0.05) is 0 Å². The lowest BCUT2D eigenvalue weighted by atomic mass is 10.1. The van der Waals surface area contributed by atoms with Crippen molar-refractivity contribution >= 4 is 28.7 Å². The van der Waals surface area contributed by atoms with Crippen LogP contribution >= 0.6 is 11.6 Å². The molecule has 0 aliphatic carbocycles. The van der Waals surface area contributed by atoms with Gasteiger partial charge < -0.3 is 16.5 Å². The van der Waals surface area contributed by atoms with Crippen LogP contribution in [0.1, 0.15) is 31.4 Å². The molecule has 2 rings (SSSR count). The van der Waals surface area contributed by atoms with Crippen LogP contribution in [0.3, 0.4) is 0 Å². The SMILES string of the molecule is NCCCCCCc1nc(Cl)nc2nc(N)[nH]c12. The van der Waals surface area contributed by atoms with Gasteiger partial charge in [-0.2, -0.15) is 9.97 Å². The first-order valence-electron chi connectivity index (χ1n) is 6.08. The van der Waals surface area contributed by atoms with Gasteiger partial charge in [0.1, 0.15) is 5.52 Å². The zero-order valence-corrected chi connectivity index (χ0v) is 10.9. The fourth-order valence-corrected chi connectivity index (χ4v) is 2.10. The minimum atomic E-state index is 0.214. The van der Waals surface area contributed by atoms with Crippen molar-refractivity contribution in [1.29, 1.82) is 0 Å². The van der Waals surface area contributed by atoms with Crippen LogP contribution in [0.4, 0.5) is 5.95 Å². The molecule has 6 nitrogen and oxygen atoms in total. The van der Waals surface area contributed by atoms with Gasteiger partial charge >= 0.3 is 0 Å². The van der Waals surface area contributed by atoms with Crippen molar-refractivity contribution < 1.29 is 0 Å². The monoisotopic (exact) mass is 268 g/mol. The Labute approximate surface area is 110 Å². The van der Waals surface area contributed by atoms with Crippen molar-refractivity contribution in [3.63, 3.8) is 0 Å². The number of aryl methyl sites for hydroxylation is 1. The average molecular weight is 269 g/mol. The van der Waals surface area contributed by atoms with E-state index in [4.69, 9.17) is 23.1 Å². The van der Waals surface area contributed by atoms with E-state index < -0.39 is 0 Å². The molecule has 0 aliphatic rings. The molecule has 0 spiro atoms. The summed E-state index contributed by atoms with van der Waals surface area (Å²) in [6.45, 7) is 0.751. The highest BCUT2D eigenvalue weighted by molar-refractivity contribution is 6.28. The molecule has 5 N–H and O–H groups in total. The summed E-state index contributed by atoms with van der Waals surface area (Å²) in [5.74, 6) is 0.339. The lowest BCUT2D eigenvalue weighted by Gasteiger charge is -2.02. The average Bonchev–Trinajstić information content (AvgIpc) is 2.69. The number of H-pyrrole nitrogens is 1. The van der Waals surface area contributed by atoms with Gasteiger partial charge in [-0.05, 0) is 37.4 Å². The molecule has 2 heterocycles. The Morgan fingerprint density at radius 2 is 1.83 bits per heavy atom. The van der Waals surface area contributed by atoms with Crippen LogP contribution in [0.15, 0.2) is 0 Å². The van der Waals surface area contributed by atoms with Crippen molar-refractivity contribution in [2.45, 2.75) is 32.1 Å². The van der Waals surface area contributed by atoms with Gasteiger partial charge in [-0.25, -0.2) is 4.98 Å². The first kappa shape index (κ1) is 13.0.